The molecule has 1 saturated carbocycles. The highest BCUT2D eigenvalue weighted by atomic mass is 16.5. The minimum atomic E-state index is 0.280. The third-order valence-electron chi connectivity index (χ3n) is 4.61. The summed E-state index contributed by atoms with van der Waals surface area (Å²) in [4.78, 5) is 0. The van der Waals surface area contributed by atoms with E-state index < -0.39 is 0 Å². The molecule has 1 aliphatic carbocycles. The van der Waals surface area contributed by atoms with Crippen LogP contribution in [0.25, 0.3) is 0 Å². The standard InChI is InChI=1S/C15H21NO/c1-2-11-3-5-12(6-4-11)15(9-17-10-15)13-7-14(16)8-13/h3-6,13-14H,2,7-10,16H2,1H3. The Balaban J connectivity index is 1.84. The zero-order valence-electron chi connectivity index (χ0n) is 10.5. The van der Waals surface area contributed by atoms with Gasteiger partial charge in [-0.15, -0.1) is 0 Å². The minimum Gasteiger partial charge on any atom is -0.379 e. The Kier molecular flexibility index (Phi) is 2.72. The molecule has 2 heteroatoms. The van der Waals surface area contributed by atoms with Gasteiger partial charge in [-0.25, -0.2) is 0 Å². The summed E-state index contributed by atoms with van der Waals surface area (Å²) in [6.45, 7) is 3.97. The van der Waals surface area contributed by atoms with Crippen LogP contribution in [0.1, 0.15) is 30.9 Å². The molecule has 0 aromatic heterocycles. The van der Waals surface area contributed by atoms with E-state index in [1.807, 2.05) is 0 Å². The molecule has 1 aromatic rings. The number of nitrogens with two attached hydrogens (primary N) is 1. The first-order valence-corrected chi connectivity index (χ1v) is 6.67. The fourth-order valence-corrected chi connectivity index (χ4v) is 3.15. The fourth-order valence-electron chi connectivity index (χ4n) is 3.15. The molecule has 1 saturated heterocycles. The Morgan fingerprint density at radius 3 is 2.29 bits per heavy atom. The molecule has 3 rings (SSSR count). The Morgan fingerprint density at radius 2 is 1.88 bits per heavy atom. The van der Waals surface area contributed by atoms with E-state index in [4.69, 9.17) is 10.5 Å². The van der Waals surface area contributed by atoms with Gasteiger partial charge in [0, 0.05) is 11.5 Å². The molecule has 1 aromatic carbocycles. The molecule has 2 aliphatic rings. The number of benzene rings is 1. The van der Waals surface area contributed by atoms with Crippen LogP contribution in [0.3, 0.4) is 0 Å². The SMILES string of the molecule is CCc1ccc(C2(C3CC(N)C3)COC2)cc1. The number of hydrogen-bond donors (Lipinski definition) is 1. The molecule has 0 radical (unpaired) electrons. The molecule has 0 spiro atoms. The van der Waals surface area contributed by atoms with Crippen molar-refractivity contribution in [2.24, 2.45) is 11.7 Å². The Labute approximate surface area is 103 Å². The molecule has 92 valence electrons. The first-order valence-electron chi connectivity index (χ1n) is 6.67. The fraction of sp³-hybridized carbons (Fsp3) is 0.600. The van der Waals surface area contributed by atoms with Crippen molar-refractivity contribution in [3.8, 4) is 0 Å². The lowest BCUT2D eigenvalue weighted by Gasteiger charge is -2.53. The Bertz CT molecular complexity index is 388. The molecule has 0 bridgehead atoms. The molecule has 1 aliphatic heterocycles. The maximum absolute atomic E-state index is 5.93. The second kappa shape index (κ2) is 4.11. The van der Waals surface area contributed by atoms with Crippen molar-refractivity contribution in [3.05, 3.63) is 35.4 Å². The third kappa shape index (κ3) is 1.71. The Hall–Kier alpha value is -0.860. The van der Waals surface area contributed by atoms with Gasteiger partial charge in [-0.05, 0) is 36.3 Å². The first-order chi connectivity index (χ1) is 8.24. The normalized spacial score (nSPS) is 30.5. The van der Waals surface area contributed by atoms with E-state index in [1.54, 1.807) is 0 Å². The summed E-state index contributed by atoms with van der Waals surface area (Å²) in [5.41, 5.74) is 9.08. The van der Waals surface area contributed by atoms with Crippen LogP contribution in [-0.2, 0) is 16.6 Å². The molecule has 0 amide bonds. The van der Waals surface area contributed by atoms with Crippen molar-refractivity contribution in [2.45, 2.75) is 37.6 Å². The number of rotatable bonds is 3. The number of aryl methyl sites for hydroxylation is 1. The lowest BCUT2D eigenvalue weighted by atomic mass is 9.59. The maximum Gasteiger partial charge on any atom is 0.0588 e. The van der Waals surface area contributed by atoms with Crippen LogP contribution in [0.5, 0.6) is 0 Å². The maximum atomic E-state index is 5.93. The largest absolute Gasteiger partial charge is 0.379 e. The van der Waals surface area contributed by atoms with E-state index in [0.29, 0.717) is 6.04 Å². The molecule has 2 fully saturated rings. The molecule has 2 N–H and O–H groups in total. The predicted octanol–water partition coefficient (Wildman–Crippen LogP) is 2.25. The van der Waals surface area contributed by atoms with Crippen molar-refractivity contribution in [3.63, 3.8) is 0 Å². The molecule has 17 heavy (non-hydrogen) atoms. The summed E-state index contributed by atoms with van der Waals surface area (Å²) in [5, 5.41) is 0. The molecular formula is C15H21NO. The summed E-state index contributed by atoms with van der Waals surface area (Å²) < 4.78 is 5.50. The molecule has 2 nitrogen and oxygen atoms in total. The van der Waals surface area contributed by atoms with Crippen molar-refractivity contribution < 1.29 is 4.74 Å². The highest BCUT2D eigenvalue weighted by Crippen LogP contribution is 2.48. The smallest absolute Gasteiger partial charge is 0.0588 e. The van der Waals surface area contributed by atoms with Gasteiger partial charge in [-0.3, -0.25) is 0 Å². The van der Waals surface area contributed by atoms with E-state index >= 15 is 0 Å². The second-order valence-electron chi connectivity index (χ2n) is 5.63. The summed E-state index contributed by atoms with van der Waals surface area (Å²) in [6.07, 6.45) is 3.44. The highest BCUT2D eigenvalue weighted by molar-refractivity contribution is 5.33. The highest BCUT2D eigenvalue weighted by Gasteiger charge is 2.50. The zero-order valence-corrected chi connectivity index (χ0v) is 10.5. The van der Waals surface area contributed by atoms with E-state index in [1.165, 1.54) is 24.0 Å². The number of ether oxygens (including phenoxy) is 1. The first kappa shape index (κ1) is 11.2. The summed E-state index contributed by atoms with van der Waals surface area (Å²) in [7, 11) is 0. The van der Waals surface area contributed by atoms with Gasteiger partial charge in [0.05, 0.1) is 13.2 Å². The summed E-state index contributed by atoms with van der Waals surface area (Å²) in [6, 6.07) is 9.53. The third-order valence-corrected chi connectivity index (χ3v) is 4.61. The van der Waals surface area contributed by atoms with Gasteiger partial charge in [0.2, 0.25) is 0 Å². The molecule has 1 heterocycles. The predicted molar refractivity (Wildman–Crippen MR) is 69.0 cm³/mol. The van der Waals surface area contributed by atoms with Crippen molar-refractivity contribution in [2.75, 3.05) is 13.2 Å². The van der Waals surface area contributed by atoms with Crippen LogP contribution in [0.4, 0.5) is 0 Å². The molecule has 0 atom stereocenters. The van der Waals surface area contributed by atoms with Crippen molar-refractivity contribution >= 4 is 0 Å². The zero-order chi connectivity index (χ0) is 11.9. The lowest BCUT2D eigenvalue weighted by molar-refractivity contribution is -0.111. The van der Waals surface area contributed by atoms with E-state index in [0.717, 1.165) is 25.6 Å². The van der Waals surface area contributed by atoms with E-state index in [9.17, 15) is 0 Å². The van der Waals surface area contributed by atoms with Crippen LogP contribution in [-0.4, -0.2) is 19.3 Å². The second-order valence-corrected chi connectivity index (χ2v) is 5.63. The average Bonchev–Trinajstić information content (AvgIpc) is 2.26. The van der Waals surface area contributed by atoms with Crippen LogP contribution in [0.2, 0.25) is 0 Å². The van der Waals surface area contributed by atoms with Gasteiger partial charge < -0.3 is 10.5 Å². The quantitative estimate of drug-likeness (QED) is 0.866. The van der Waals surface area contributed by atoms with Gasteiger partial charge in [-0.1, -0.05) is 31.2 Å². The average molecular weight is 231 g/mol. The summed E-state index contributed by atoms with van der Waals surface area (Å²) >= 11 is 0. The molecular weight excluding hydrogens is 210 g/mol. The van der Waals surface area contributed by atoms with Crippen LogP contribution in [0.15, 0.2) is 24.3 Å². The Morgan fingerprint density at radius 1 is 1.24 bits per heavy atom. The van der Waals surface area contributed by atoms with Gasteiger partial charge in [-0.2, -0.15) is 0 Å². The van der Waals surface area contributed by atoms with Gasteiger partial charge in [0.1, 0.15) is 0 Å². The number of hydrogen-bond acceptors (Lipinski definition) is 2. The van der Waals surface area contributed by atoms with E-state index in [-0.39, 0.29) is 5.41 Å². The van der Waals surface area contributed by atoms with Gasteiger partial charge in [0.15, 0.2) is 0 Å². The minimum absolute atomic E-state index is 0.280. The topological polar surface area (TPSA) is 35.2 Å². The van der Waals surface area contributed by atoms with Crippen molar-refractivity contribution in [1.29, 1.82) is 0 Å². The summed E-state index contributed by atoms with van der Waals surface area (Å²) in [5.74, 6) is 0.735. The van der Waals surface area contributed by atoms with Crippen LogP contribution >= 0.6 is 0 Å². The molecule has 0 unspecified atom stereocenters. The van der Waals surface area contributed by atoms with Crippen molar-refractivity contribution in [1.82, 2.24) is 0 Å². The van der Waals surface area contributed by atoms with Gasteiger partial charge in [0.25, 0.3) is 0 Å². The van der Waals surface area contributed by atoms with Crippen LogP contribution in [0, 0.1) is 5.92 Å². The van der Waals surface area contributed by atoms with Gasteiger partial charge >= 0.3 is 0 Å². The lowest BCUT2D eigenvalue weighted by Crippen LogP contribution is -2.58. The van der Waals surface area contributed by atoms with Crippen LogP contribution < -0.4 is 5.73 Å². The van der Waals surface area contributed by atoms with E-state index in [2.05, 4.69) is 31.2 Å². The monoisotopic (exact) mass is 231 g/mol.